The van der Waals surface area contributed by atoms with Gasteiger partial charge in [-0.05, 0) is 37.1 Å². The minimum Gasteiger partial charge on any atom is -0.619 e. The van der Waals surface area contributed by atoms with Crippen LogP contribution in [-0.2, 0) is 12.8 Å². The van der Waals surface area contributed by atoms with Crippen molar-refractivity contribution in [3.63, 3.8) is 0 Å². The molecule has 0 bridgehead atoms. The second-order valence-electron chi connectivity index (χ2n) is 5.79. The largest absolute Gasteiger partial charge is 0.619 e. The summed E-state index contributed by atoms with van der Waals surface area (Å²) >= 11 is 3.36. The lowest BCUT2D eigenvalue weighted by Gasteiger charge is -2.10. The summed E-state index contributed by atoms with van der Waals surface area (Å²) < 4.78 is 15.7. The van der Waals surface area contributed by atoms with E-state index in [1.165, 1.54) is 12.3 Å². The number of hydrogen-bond donors (Lipinski definition) is 1. The molecule has 0 unspecified atom stereocenters. The highest BCUT2D eigenvalue weighted by Crippen LogP contribution is 2.25. The zero-order chi connectivity index (χ0) is 18.5. The number of nitrogens with zero attached hydrogens (tertiary/aromatic N) is 3. The van der Waals surface area contributed by atoms with Crippen molar-refractivity contribution in [2.75, 3.05) is 11.9 Å². The van der Waals surface area contributed by atoms with Gasteiger partial charge in [-0.3, -0.25) is 0 Å². The van der Waals surface area contributed by atoms with E-state index in [4.69, 9.17) is 0 Å². The highest BCUT2D eigenvalue weighted by Gasteiger charge is 2.11. The van der Waals surface area contributed by atoms with Crippen molar-refractivity contribution < 1.29 is 9.12 Å². The summed E-state index contributed by atoms with van der Waals surface area (Å²) in [4.78, 5) is 8.90. The Morgan fingerprint density at radius 1 is 1.23 bits per heavy atom. The zero-order valence-electron chi connectivity index (χ0n) is 14.2. The second kappa shape index (κ2) is 8.23. The number of halogens is 2. The van der Waals surface area contributed by atoms with E-state index in [1.54, 1.807) is 24.4 Å². The molecule has 26 heavy (non-hydrogen) atoms. The maximum absolute atomic E-state index is 14.2. The SMILES string of the molecule is CCc1cc(NCCc2ccc[n+]([O-])c2)nc(-c2cc(Br)ccc2F)n1. The summed E-state index contributed by atoms with van der Waals surface area (Å²) in [5.41, 5.74) is 2.11. The van der Waals surface area contributed by atoms with Gasteiger partial charge in [0.1, 0.15) is 11.6 Å². The summed E-state index contributed by atoms with van der Waals surface area (Å²) in [6.45, 7) is 2.59. The third-order valence-corrected chi connectivity index (χ3v) is 4.36. The first kappa shape index (κ1) is 18.3. The minimum atomic E-state index is -0.364. The molecule has 0 saturated carbocycles. The Kier molecular flexibility index (Phi) is 5.78. The van der Waals surface area contributed by atoms with Crippen LogP contribution < -0.4 is 10.0 Å². The summed E-state index contributed by atoms with van der Waals surface area (Å²) in [5.74, 6) is 0.622. The van der Waals surface area contributed by atoms with Gasteiger partial charge in [0.15, 0.2) is 18.2 Å². The molecule has 3 aromatic rings. The average molecular weight is 417 g/mol. The Hall–Kier alpha value is -2.54. The van der Waals surface area contributed by atoms with Crippen molar-refractivity contribution in [1.82, 2.24) is 9.97 Å². The molecule has 0 fully saturated rings. The Morgan fingerprint density at radius 2 is 2.08 bits per heavy atom. The molecular weight excluding hydrogens is 399 g/mol. The standard InChI is InChI=1S/C19H18BrFN4O/c1-2-15-11-18(22-8-7-13-4-3-9-25(26)12-13)24-19(23-15)16-10-14(20)5-6-17(16)21/h3-6,9-12H,2,7-8H2,1H3,(H,22,23,24). The molecule has 0 atom stereocenters. The molecule has 134 valence electrons. The van der Waals surface area contributed by atoms with E-state index in [0.717, 1.165) is 20.5 Å². The van der Waals surface area contributed by atoms with Crippen LogP contribution in [0.3, 0.4) is 0 Å². The summed E-state index contributed by atoms with van der Waals surface area (Å²) in [5, 5.41) is 14.5. The third kappa shape index (κ3) is 4.54. The number of nitrogens with one attached hydrogen (secondary N) is 1. The van der Waals surface area contributed by atoms with E-state index in [9.17, 15) is 9.60 Å². The van der Waals surface area contributed by atoms with Crippen LogP contribution in [-0.4, -0.2) is 16.5 Å². The average Bonchev–Trinajstić information content (AvgIpc) is 2.63. The Bertz CT molecular complexity index is 920. The number of pyridine rings is 1. The monoisotopic (exact) mass is 416 g/mol. The second-order valence-corrected chi connectivity index (χ2v) is 6.71. The van der Waals surface area contributed by atoms with Crippen molar-refractivity contribution in [2.45, 2.75) is 19.8 Å². The fourth-order valence-corrected chi connectivity index (χ4v) is 2.90. The molecule has 0 radical (unpaired) electrons. The predicted molar refractivity (Wildman–Crippen MR) is 102 cm³/mol. The first-order valence-electron chi connectivity index (χ1n) is 8.30. The Labute approximate surface area is 159 Å². The van der Waals surface area contributed by atoms with Gasteiger partial charge in [-0.15, -0.1) is 0 Å². The van der Waals surface area contributed by atoms with Crippen molar-refractivity contribution in [3.05, 3.63) is 75.5 Å². The van der Waals surface area contributed by atoms with Gasteiger partial charge >= 0.3 is 0 Å². The Morgan fingerprint density at radius 3 is 2.85 bits per heavy atom. The minimum absolute atomic E-state index is 0.350. The summed E-state index contributed by atoms with van der Waals surface area (Å²) in [7, 11) is 0. The van der Waals surface area contributed by atoms with Crippen LogP contribution in [0.1, 0.15) is 18.2 Å². The van der Waals surface area contributed by atoms with Crippen LogP contribution >= 0.6 is 15.9 Å². The van der Waals surface area contributed by atoms with Crippen LogP contribution in [0.4, 0.5) is 10.2 Å². The first-order valence-corrected chi connectivity index (χ1v) is 9.09. The number of aromatic nitrogens is 3. The molecule has 0 aliphatic heterocycles. The van der Waals surface area contributed by atoms with E-state index in [1.807, 2.05) is 19.1 Å². The highest BCUT2D eigenvalue weighted by atomic mass is 79.9. The van der Waals surface area contributed by atoms with E-state index in [-0.39, 0.29) is 5.82 Å². The molecule has 7 heteroatoms. The summed E-state index contributed by atoms with van der Waals surface area (Å²) in [6, 6.07) is 10.2. The molecule has 5 nitrogen and oxygen atoms in total. The van der Waals surface area contributed by atoms with E-state index in [2.05, 4.69) is 31.2 Å². The van der Waals surface area contributed by atoms with Crippen LogP contribution in [0.15, 0.2) is 53.3 Å². The summed E-state index contributed by atoms with van der Waals surface area (Å²) in [6.07, 6.45) is 4.39. The lowest BCUT2D eigenvalue weighted by Crippen LogP contribution is -2.25. The normalized spacial score (nSPS) is 10.7. The van der Waals surface area contributed by atoms with Gasteiger partial charge in [0, 0.05) is 34.4 Å². The van der Waals surface area contributed by atoms with Gasteiger partial charge in [0.2, 0.25) is 0 Å². The molecule has 1 N–H and O–H groups in total. The molecule has 0 saturated heterocycles. The smallest absolute Gasteiger partial charge is 0.183 e. The number of benzene rings is 1. The lowest BCUT2D eigenvalue weighted by molar-refractivity contribution is -0.605. The quantitative estimate of drug-likeness (QED) is 0.488. The molecule has 2 aromatic heterocycles. The first-order chi connectivity index (χ1) is 12.5. The number of anilines is 1. The van der Waals surface area contributed by atoms with Gasteiger partial charge in [-0.1, -0.05) is 22.9 Å². The van der Waals surface area contributed by atoms with Gasteiger partial charge < -0.3 is 10.5 Å². The number of aryl methyl sites for hydroxylation is 1. The molecule has 0 aliphatic rings. The maximum Gasteiger partial charge on any atom is 0.183 e. The van der Waals surface area contributed by atoms with Crippen molar-refractivity contribution >= 4 is 21.7 Å². The van der Waals surface area contributed by atoms with E-state index >= 15 is 0 Å². The predicted octanol–water partition coefficient (Wildman–Crippen LogP) is 3.90. The topological polar surface area (TPSA) is 64.8 Å². The van der Waals surface area contributed by atoms with Gasteiger partial charge in [0.25, 0.3) is 0 Å². The lowest BCUT2D eigenvalue weighted by atomic mass is 10.2. The molecule has 0 aliphatic carbocycles. The highest BCUT2D eigenvalue weighted by molar-refractivity contribution is 9.10. The fourth-order valence-electron chi connectivity index (χ4n) is 2.54. The van der Waals surface area contributed by atoms with E-state index in [0.29, 0.717) is 36.6 Å². The van der Waals surface area contributed by atoms with Gasteiger partial charge in [0.05, 0.1) is 5.56 Å². The van der Waals surface area contributed by atoms with Crippen LogP contribution in [0.2, 0.25) is 0 Å². The van der Waals surface area contributed by atoms with Crippen LogP contribution in [0.5, 0.6) is 0 Å². The van der Waals surface area contributed by atoms with Crippen LogP contribution in [0.25, 0.3) is 11.4 Å². The van der Waals surface area contributed by atoms with Gasteiger partial charge in [-0.2, -0.15) is 4.73 Å². The molecule has 0 amide bonds. The van der Waals surface area contributed by atoms with E-state index < -0.39 is 0 Å². The van der Waals surface area contributed by atoms with Crippen molar-refractivity contribution in [3.8, 4) is 11.4 Å². The molecule has 3 rings (SSSR count). The zero-order valence-corrected chi connectivity index (χ0v) is 15.8. The maximum atomic E-state index is 14.2. The van der Waals surface area contributed by atoms with Gasteiger partial charge in [-0.25, -0.2) is 14.4 Å². The fraction of sp³-hybridized carbons (Fsp3) is 0.211. The Balaban J connectivity index is 1.80. The van der Waals surface area contributed by atoms with Crippen molar-refractivity contribution in [1.29, 1.82) is 0 Å². The molecule has 0 spiro atoms. The van der Waals surface area contributed by atoms with Crippen molar-refractivity contribution in [2.24, 2.45) is 0 Å². The third-order valence-electron chi connectivity index (χ3n) is 3.87. The molecule has 2 heterocycles. The van der Waals surface area contributed by atoms with Crippen LogP contribution in [0, 0.1) is 11.0 Å². The molecule has 1 aromatic carbocycles. The molecular formula is C19H18BrFN4O. The number of rotatable bonds is 6. The number of hydrogen-bond acceptors (Lipinski definition) is 4.